The van der Waals surface area contributed by atoms with E-state index in [0.717, 1.165) is 0 Å². The van der Waals surface area contributed by atoms with Gasteiger partial charge < -0.3 is 24.1 Å². The SMILES string of the molecule is COc1cc(NC(=O)c2cccc(-c3nc(-c4cccc(F)c4)no3)c2)cc(OC)c1OC. The van der Waals surface area contributed by atoms with Gasteiger partial charge in [-0.25, -0.2) is 4.39 Å². The van der Waals surface area contributed by atoms with Crippen molar-refractivity contribution in [2.24, 2.45) is 0 Å². The van der Waals surface area contributed by atoms with E-state index in [2.05, 4.69) is 15.5 Å². The fourth-order valence-corrected chi connectivity index (χ4v) is 3.24. The summed E-state index contributed by atoms with van der Waals surface area (Å²) in [5.74, 6) is 0.938. The van der Waals surface area contributed by atoms with Crippen molar-refractivity contribution in [1.82, 2.24) is 10.1 Å². The highest BCUT2D eigenvalue weighted by molar-refractivity contribution is 6.05. The molecule has 0 bridgehead atoms. The van der Waals surface area contributed by atoms with Crippen molar-refractivity contribution in [3.8, 4) is 40.1 Å². The Hall–Kier alpha value is -4.40. The van der Waals surface area contributed by atoms with Crippen molar-refractivity contribution >= 4 is 11.6 Å². The number of hydrogen-bond acceptors (Lipinski definition) is 7. The molecule has 1 amide bonds. The van der Waals surface area contributed by atoms with E-state index in [1.807, 2.05) is 0 Å². The van der Waals surface area contributed by atoms with Crippen molar-refractivity contribution < 1.29 is 27.9 Å². The number of nitrogens with one attached hydrogen (secondary N) is 1. The second-order valence-electron chi connectivity index (χ2n) is 6.88. The minimum absolute atomic E-state index is 0.205. The monoisotopic (exact) mass is 449 g/mol. The molecule has 0 aliphatic carbocycles. The first-order chi connectivity index (χ1) is 16.0. The molecular weight excluding hydrogens is 429 g/mol. The smallest absolute Gasteiger partial charge is 0.258 e. The number of halogens is 1. The topological polar surface area (TPSA) is 95.7 Å². The van der Waals surface area contributed by atoms with Gasteiger partial charge in [0.2, 0.25) is 11.6 Å². The summed E-state index contributed by atoms with van der Waals surface area (Å²) < 4.78 is 34.8. The summed E-state index contributed by atoms with van der Waals surface area (Å²) in [6, 6.07) is 15.9. The zero-order valence-electron chi connectivity index (χ0n) is 18.1. The van der Waals surface area contributed by atoms with Crippen LogP contribution in [0.1, 0.15) is 10.4 Å². The van der Waals surface area contributed by atoms with Crippen LogP contribution in [0.25, 0.3) is 22.8 Å². The van der Waals surface area contributed by atoms with Crippen LogP contribution in [0.3, 0.4) is 0 Å². The van der Waals surface area contributed by atoms with Gasteiger partial charge in [-0.3, -0.25) is 4.79 Å². The summed E-state index contributed by atoms with van der Waals surface area (Å²) in [7, 11) is 4.49. The Morgan fingerprint density at radius 3 is 2.27 bits per heavy atom. The van der Waals surface area contributed by atoms with Crippen LogP contribution in [0.4, 0.5) is 10.1 Å². The summed E-state index contributed by atoms with van der Waals surface area (Å²) >= 11 is 0. The van der Waals surface area contributed by atoms with Gasteiger partial charge in [-0.15, -0.1) is 0 Å². The molecule has 0 fully saturated rings. The second-order valence-corrected chi connectivity index (χ2v) is 6.88. The predicted molar refractivity (Wildman–Crippen MR) is 119 cm³/mol. The molecule has 0 atom stereocenters. The maximum atomic E-state index is 13.5. The van der Waals surface area contributed by atoms with Gasteiger partial charge in [0.05, 0.1) is 21.3 Å². The summed E-state index contributed by atoms with van der Waals surface area (Å²) in [6.45, 7) is 0. The number of rotatable bonds is 7. The molecular formula is C24H20FN3O5. The molecule has 8 nitrogen and oxygen atoms in total. The Morgan fingerprint density at radius 1 is 0.909 bits per heavy atom. The van der Waals surface area contributed by atoms with Crippen molar-refractivity contribution in [3.63, 3.8) is 0 Å². The number of nitrogens with zero attached hydrogens (tertiary/aromatic N) is 2. The molecule has 0 saturated heterocycles. The molecule has 1 heterocycles. The highest BCUT2D eigenvalue weighted by atomic mass is 19.1. The number of anilines is 1. The van der Waals surface area contributed by atoms with Gasteiger partial charge in [-0.2, -0.15) is 4.98 Å². The average Bonchev–Trinajstić information content (AvgIpc) is 3.34. The largest absolute Gasteiger partial charge is 0.493 e. The molecule has 0 unspecified atom stereocenters. The predicted octanol–water partition coefficient (Wildman–Crippen LogP) is 4.82. The highest BCUT2D eigenvalue weighted by Crippen LogP contribution is 2.40. The van der Waals surface area contributed by atoms with E-state index >= 15 is 0 Å². The van der Waals surface area contributed by atoms with E-state index in [-0.39, 0.29) is 17.6 Å². The molecule has 168 valence electrons. The van der Waals surface area contributed by atoms with Gasteiger partial charge in [0, 0.05) is 34.5 Å². The molecule has 33 heavy (non-hydrogen) atoms. The quantitative estimate of drug-likeness (QED) is 0.432. The van der Waals surface area contributed by atoms with Gasteiger partial charge in [0.1, 0.15) is 5.82 Å². The van der Waals surface area contributed by atoms with E-state index in [9.17, 15) is 9.18 Å². The highest BCUT2D eigenvalue weighted by Gasteiger charge is 2.17. The number of methoxy groups -OCH3 is 3. The molecule has 0 saturated carbocycles. The van der Waals surface area contributed by atoms with Gasteiger partial charge in [0.25, 0.3) is 11.8 Å². The minimum Gasteiger partial charge on any atom is -0.493 e. The van der Waals surface area contributed by atoms with Crippen molar-refractivity contribution in [1.29, 1.82) is 0 Å². The number of benzene rings is 3. The van der Waals surface area contributed by atoms with Gasteiger partial charge in [-0.05, 0) is 30.3 Å². The third-order valence-electron chi connectivity index (χ3n) is 4.80. The Bertz CT molecular complexity index is 1280. The van der Waals surface area contributed by atoms with Gasteiger partial charge in [0.15, 0.2) is 11.5 Å². The summed E-state index contributed by atoms with van der Waals surface area (Å²) in [6.07, 6.45) is 0. The van der Waals surface area contributed by atoms with Crippen molar-refractivity contribution in [2.75, 3.05) is 26.6 Å². The lowest BCUT2D eigenvalue weighted by molar-refractivity contribution is 0.102. The number of hydrogen-bond donors (Lipinski definition) is 1. The number of ether oxygens (including phenoxy) is 3. The molecule has 0 aliphatic rings. The maximum absolute atomic E-state index is 13.5. The second kappa shape index (κ2) is 9.39. The Morgan fingerprint density at radius 2 is 1.61 bits per heavy atom. The first-order valence-corrected chi connectivity index (χ1v) is 9.84. The molecule has 4 aromatic rings. The Kier molecular flexibility index (Phi) is 6.21. The number of aromatic nitrogens is 2. The van der Waals surface area contributed by atoms with Crippen LogP contribution >= 0.6 is 0 Å². The zero-order chi connectivity index (χ0) is 23.4. The van der Waals surface area contributed by atoms with Crippen LogP contribution in [0.15, 0.2) is 65.2 Å². The lowest BCUT2D eigenvalue weighted by atomic mass is 10.1. The number of amides is 1. The third kappa shape index (κ3) is 4.62. The standard InChI is InChI=1S/C24H20FN3O5/c1-30-19-12-18(13-20(31-2)21(19)32-3)26-23(29)15-7-4-8-16(10-15)24-27-22(28-33-24)14-6-5-9-17(25)11-14/h4-13H,1-3H3,(H,26,29). The van der Waals surface area contributed by atoms with Crippen LogP contribution < -0.4 is 19.5 Å². The van der Waals surface area contributed by atoms with Crippen LogP contribution in [-0.4, -0.2) is 37.4 Å². The molecule has 1 N–H and O–H groups in total. The van der Waals surface area contributed by atoms with Gasteiger partial charge in [-0.1, -0.05) is 23.4 Å². The number of carbonyl (C=O) groups is 1. The maximum Gasteiger partial charge on any atom is 0.258 e. The lowest BCUT2D eigenvalue weighted by Crippen LogP contribution is -2.12. The third-order valence-corrected chi connectivity index (χ3v) is 4.80. The summed E-state index contributed by atoms with van der Waals surface area (Å²) in [4.78, 5) is 17.2. The summed E-state index contributed by atoms with van der Waals surface area (Å²) in [5, 5.41) is 6.72. The van der Waals surface area contributed by atoms with E-state index in [0.29, 0.717) is 39.6 Å². The van der Waals surface area contributed by atoms with E-state index < -0.39 is 5.82 Å². The minimum atomic E-state index is -0.399. The van der Waals surface area contributed by atoms with E-state index in [4.69, 9.17) is 18.7 Å². The Balaban J connectivity index is 1.58. The molecule has 0 aliphatic heterocycles. The van der Waals surface area contributed by atoms with E-state index in [1.54, 1.807) is 48.5 Å². The fourth-order valence-electron chi connectivity index (χ4n) is 3.24. The first kappa shape index (κ1) is 21.8. The molecule has 0 spiro atoms. The van der Waals surface area contributed by atoms with Crippen LogP contribution in [0, 0.1) is 5.82 Å². The molecule has 9 heteroatoms. The number of carbonyl (C=O) groups excluding carboxylic acids is 1. The molecule has 4 rings (SSSR count). The van der Waals surface area contributed by atoms with Crippen LogP contribution in [0.2, 0.25) is 0 Å². The zero-order valence-corrected chi connectivity index (χ0v) is 18.1. The average molecular weight is 449 g/mol. The Labute approximate surface area is 188 Å². The first-order valence-electron chi connectivity index (χ1n) is 9.84. The fraction of sp³-hybridized carbons (Fsp3) is 0.125. The lowest BCUT2D eigenvalue weighted by Gasteiger charge is -2.14. The molecule has 1 aromatic heterocycles. The molecule has 3 aromatic carbocycles. The van der Waals surface area contributed by atoms with Crippen molar-refractivity contribution in [3.05, 3.63) is 72.0 Å². The molecule has 0 radical (unpaired) electrons. The van der Waals surface area contributed by atoms with Crippen LogP contribution in [0.5, 0.6) is 17.2 Å². The summed E-state index contributed by atoms with van der Waals surface area (Å²) in [5.41, 5.74) is 1.86. The van der Waals surface area contributed by atoms with Gasteiger partial charge >= 0.3 is 0 Å². The van der Waals surface area contributed by atoms with Crippen LogP contribution in [-0.2, 0) is 0 Å². The normalized spacial score (nSPS) is 10.5. The van der Waals surface area contributed by atoms with E-state index in [1.165, 1.54) is 33.5 Å². The van der Waals surface area contributed by atoms with Crippen molar-refractivity contribution in [2.45, 2.75) is 0 Å².